The van der Waals surface area contributed by atoms with Crippen molar-refractivity contribution >= 4 is 17.9 Å². The molecule has 1 fully saturated rings. The highest BCUT2D eigenvalue weighted by Gasteiger charge is 2.44. The molecule has 1 aliphatic rings. The Balaban J connectivity index is 2.04. The number of hydrogen-bond donors (Lipinski definition) is 3. The summed E-state index contributed by atoms with van der Waals surface area (Å²) in [6.07, 6.45) is 0. The maximum Gasteiger partial charge on any atom is 0.331 e. The second-order valence-electron chi connectivity index (χ2n) is 4.70. The number of benzene rings is 1. The molecule has 1 unspecified atom stereocenters. The zero-order chi connectivity index (χ0) is 15.4. The van der Waals surface area contributed by atoms with Gasteiger partial charge in [-0.1, -0.05) is 30.3 Å². The summed E-state index contributed by atoms with van der Waals surface area (Å²) in [7, 11) is 0. The molecule has 1 aliphatic heterocycles. The summed E-state index contributed by atoms with van der Waals surface area (Å²) >= 11 is 0. The molecule has 0 aliphatic carbocycles. The number of carbonyl (C=O) groups excluding carboxylic acids is 2. The predicted octanol–water partition coefficient (Wildman–Crippen LogP) is 0.342. The van der Waals surface area contributed by atoms with Crippen LogP contribution in [-0.2, 0) is 9.59 Å². The van der Waals surface area contributed by atoms with Crippen molar-refractivity contribution in [2.24, 2.45) is 0 Å². The van der Waals surface area contributed by atoms with Crippen LogP contribution in [0.15, 0.2) is 30.3 Å². The Labute approximate surface area is 121 Å². The average Bonchev–Trinajstić information content (AvgIpc) is 2.46. The van der Waals surface area contributed by atoms with E-state index in [9.17, 15) is 19.5 Å². The minimum Gasteiger partial charge on any atom is -0.479 e. The molecule has 7 nitrogen and oxygen atoms in total. The number of hydrogen-bond acceptors (Lipinski definition) is 3. The molecule has 0 radical (unpaired) electrons. The van der Waals surface area contributed by atoms with E-state index in [1.807, 2.05) is 0 Å². The van der Waals surface area contributed by atoms with Gasteiger partial charge in [0.05, 0.1) is 6.54 Å². The van der Waals surface area contributed by atoms with Crippen LogP contribution >= 0.6 is 0 Å². The summed E-state index contributed by atoms with van der Waals surface area (Å²) in [6, 6.07) is 6.43. The number of rotatable bonds is 5. The zero-order valence-corrected chi connectivity index (χ0v) is 11.6. The van der Waals surface area contributed by atoms with Gasteiger partial charge in [0.15, 0.2) is 6.04 Å². The highest BCUT2D eigenvalue weighted by atomic mass is 16.4. The van der Waals surface area contributed by atoms with Crippen molar-refractivity contribution < 1.29 is 19.5 Å². The van der Waals surface area contributed by atoms with Crippen LogP contribution in [0.4, 0.5) is 4.79 Å². The van der Waals surface area contributed by atoms with Crippen molar-refractivity contribution in [1.82, 2.24) is 15.5 Å². The fraction of sp³-hybridized carbons (Fsp3) is 0.357. The molecule has 0 spiro atoms. The third kappa shape index (κ3) is 3.13. The molecule has 2 atom stereocenters. The number of β-lactam (4-membered cyclic amide) rings is 1. The van der Waals surface area contributed by atoms with E-state index in [-0.39, 0.29) is 6.54 Å². The Morgan fingerprint density at radius 2 is 2.05 bits per heavy atom. The number of likely N-dealkylation sites (tertiary alicyclic amines) is 1. The fourth-order valence-corrected chi connectivity index (χ4v) is 2.25. The molecule has 21 heavy (non-hydrogen) atoms. The molecule has 3 N–H and O–H groups in total. The zero-order valence-electron chi connectivity index (χ0n) is 11.6. The molecule has 0 aromatic heterocycles. The number of carboxylic acids is 1. The van der Waals surface area contributed by atoms with Gasteiger partial charge >= 0.3 is 12.0 Å². The second-order valence-corrected chi connectivity index (χ2v) is 4.70. The lowest BCUT2D eigenvalue weighted by Gasteiger charge is -2.42. The van der Waals surface area contributed by atoms with Gasteiger partial charge in [-0.2, -0.15) is 0 Å². The summed E-state index contributed by atoms with van der Waals surface area (Å²) in [5.41, 5.74) is 0.537. The van der Waals surface area contributed by atoms with E-state index >= 15 is 0 Å². The third-order valence-corrected chi connectivity index (χ3v) is 3.26. The Morgan fingerprint density at radius 3 is 2.57 bits per heavy atom. The lowest BCUT2D eigenvalue weighted by Crippen LogP contribution is -2.66. The quantitative estimate of drug-likeness (QED) is 0.681. The van der Waals surface area contributed by atoms with Crippen LogP contribution in [0.3, 0.4) is 0 Å². The Morgan fingerprint density at radius 1 is 1.38 bits per heavy atom. The molecule has 1 saturated heterocycles. The standard InChI is InChI=1S/C14H17N3O4/c1-2-15-14(21)16-10-8-17(12(10)18)11(13(19)20)9-6-4-3-5-7-9/h3-7,10-11H,2,8H2,1H3,(H,19,20)(H2,15,16,21)/t10?,11-/m1/s1. The third-order valence-electron chi connectivity index (χ3n) is 3.26. The van der Waals surface area contributed by atoms with Gasteiger partial charge in [0, 0.05) is 6.54 Å². The van der Waals surface area contributed by atoms with Gasteiger partial charge in [0.1, 0.15) is 6.04 Å². The predicted molar refractivity (Wildman–Crippen MR) is 74.5 cm³/mol. The average molecular weight is 291 g/mol. The first-order valence-corrected chi connectivity index (χ1v) is 6.67. The highest BCUT2D eigenvalue weighted by Crippen LogP contribution is 2.27. The first kappa shape index (κ1) is 14.8. The Kier molecular flexibility index (Phi) is 4.42. The number of amides is 3. The van der Waals surface area contributed by atoms with Gasteiger partial charge in [0.2, 0.25) is 5.91 Å². The van der Waals surface area contributed by atoms with Crippen LogP contribution in [0.1, 0.15) is 18.5 Å². The normalized spacial score (nSPS) is 18.6. The van der Waals surface area contributed by atoms with Crippen LogP contribution in [0.2, 0.25) is 0 Å². The summed E-state index contributed by atoms with van der Waals surface area (Å²) < 4.78 is 0. The monoisotopic (exact) mass is 291 g/mol. The van der Waals surface area contributed by atoms with Crippen LogP contribution in [0.25, 0.3) is 0 Å². The van der Waals surface area contributed by atoms with Crippen molar-refractivity contribution in [3.8, 4) is 0 Å². The first-order valence-electron chi connectivity index (χ1n) is 6.67. The maximum atomic E-state index is 12.0. The first-order chi connectivity index (χ1) is 10.0. The van der Waals surface area contributed by atoms with Crippen LogP contribution in [-0.4, -0.2) is 47.0 Å². The molecular formula is C14H17N3O4. The molecule has 3 amide bonds. The van der Waals surface area contributed by atoms with Crippen molar-refractivity contribution in [3.63, 3.8) is 0 Å². The molecule has 0 saturated carbocycles. The van der Waals surface area contributed by atoms with E-state index in [2.05, 4.69) is 10.6 Å². The summed E-state index contributed by atoms with van der Waals surface area (Å²) in [5.74, 6) is -1.48. The number of urea groups is 1. The van der Waals surface area contributed by atoms with Gasteiger partial charge < -0.3 is 20.6 Å². The molecule has 1 aromatic carbocycles. The van der Waals surface area contributed by atoms with Crippen molar-refractivity contribution in [3.05, 3.63) is 35.9 Å². The van der Waals surface area contributed by atoms with E-state index < -0.39 is 30.0 Å². The van der Waals surface area contributed by atoms with E-state index in [1.165, 1.54) is 4.90 Å². The fourth-order valence-electron chi connectivity index (χ4n) is 2.25. The number of carbonyl (C=O) groups is 3. The smallest absolute Gasteiger partial charge is 0.331 e. The second kappa shape index (κ2) is 6.25. The summed E-state index contributed by atoms with van der Waals surface area (Å²) in [6.45, 7) is 2.41. The summed E-state index contributed by atoms with van der Waals surface area (Å²) in [4.78, 5) is 36.1. The van der Waals surface area contributed by atoms with Gasteiger partial charge in [-0.15, -0.1) is 0 Å². The molecule has 7 heteroatoms. The van der Waals surface area contributed by atoms with Gasteiger partial charge in [-0.05, 0) is 12.5 Å². The number of aliphatic carboxylic acids is 1. The van der Waals surface area contributed by atoms with Crippen molar-refractivity contribution in [2.75, 3.05) is 13.1 Å². The van der Waals surface area contributed by atoms with Gasteiger partial charge in [-0.25, -0.2) is 9.59 Å². The Bertz CT molecular complexity index is 546. The number of carboxylic acid groups (broad SMARTS) is 1. The molecular weight excluding hydrogens is 274 g/mol. The number of nitrogens with one attached hydrogen (secondary N) is 2. The minimum atomic E-state index is -1.09. The highest BCUT2D eigenvalue weighted by molar-refractivity contribution is 5.95. The maximum absolute atomic E-state index is 12.0. The SMILES string of the molecule is CCNC(=O)NC1CN([C@@H](C(=O)O)c2ccccc2)C1=O. The Hall–Kier alpha value is -2.57. The molecule has 1 heterocycles. The van der Waals surface area contributed by atoms with Crippen molar-refractivity contribution in [2.45, 2.75) is 19.0 Å². The van der Waals surface area contributed by atoms with E-state index in [0.717, 1.165) is 0 Å². The summed E-state index contributed by atoms with van der Waals surface area (Å²) in [5, 5.41) is 14.4. The largest absolute Gasteiger partial charge is 0.479 e. The van der Waals surface area contributed by atoms with Crippen LogP contribution in [0, 0.1) is 0 Å². The topological polar surface area (TPSA) is 98.7 Å². The van der Waals surface area contributed by atoms with E-state index in [0.29, 0.717) is 12.1 Å². The number of nitrogens with zero attached hydrogens (tertiary/aromatic N) is 1. The molecule has 0 bridgehead atoms. The van der Waals surface area contributed by atoms with Crippen LogP contribution < -0.4 is 10.6 Å². The molecule has 112 valence electrons. The molecule has 2 rings (SSSR count). The van der Waals surface area contributed by atoms with E-state index in [4.69, 9.17) is 0 Å². The van der Waals surface area contributed by atoms with E-state index in [1.54, 1.807) is 37.3 Å². The lowest BCUT2D eigenvalue weighted by atomic mass is 9.98. The van der Waals surface area contributed by atoms with Crippen molar-refractivity contribution in [1.29, 1.82) is 0 Å². The van der Waals surface area contributed by atoms with Gasteiger partial charge in [0.25, 0.3) is 0 Å². The lowest BCUT2D eigenvalue weighted by molar-refractivity contribution is -0.159. The molecule has 1 aromatic rings. The van der Waals surface area contributed by atoms with Gasteiger partial charge in [-0.3, -0.25) is 4.79 Å². The minimum absolute atomic E-state index is 0.182. The van der Waals surface area contributed by atoms with Crippen LogP contribution in [0.5, 0.6) is 0 Å².